The standard InChI is InChI=1S/C12H14Cl2N2OS.ClH/c13-10-2-1-8(5-11(10)14)16-12(17)6-9-7-18-4-3-15-9;/h1-2,5,9,15H,3-4,6-7H2,(H,16,17);1H. The summed E-state index contributed by atoms with van der Waals surface area (Å²) >= 11 is 13.6. The lowest BCUT2D eigenvalue weighted by molar-refractivity contribution is -0.116. The highest BCUT2D eigenvalue weighted by molar-refractivity contribution is 7.99. The van der Waals surface area contributed by atoms with Crippen LogP contribution in [-0.2, 0) is 4.79 Å². The summed E-state index contributed by atoms with van der Waals surface area (Å²) in [6, 6.07) is 5.33. The molecule has 0 saturated carbocycles. The highest BCUT2D eigenvalue weighted by Gasteiger charge is 2.16. The Bertz CT molecular complexity index is 439. The molecule has 0 spiro atoms. The van der Waals surface area contributed by atoms with E-state index in [9.17, 15) is 4.79 Å². The van der Waals surface area contributed by atoms with Crippen molar-refractivity contribution in [3.05, 3.63) is 28.2 Å². The van der Waals surface area contributed by atoms with Crippen LogP contribution in [0.2, 0.25) is 10.0 Å². The van der Waals surface area contributed by atoms with Gasteiger partial charge in [0.15, 0.2) is 0 Å². The van der Waals surface area contributed by atoms with Gasteiger partial charge >= 0.3 is 0 Å². The molecule has 2 N–H and O–H groups in total. The Kier molecular flexibility index (Phi) is 7.32. The second kappa shape index (κ2) is 8.22. The van der Waals surface area contributed by atoms with Crippen molar-refractivity contribution < 1.29 is 4.79 Å². The van der Waals surface area contributed by atoms with Crippen LogP contribution in [0.4, 0.5) is 5.69 Å². The number of halogens is 3. The molecule has 1 aromatic carbocycles. The predicted molar refractivity (Wildman–Crippen MR) is 86.1 cm³/mol. The summed E-state index contributed by atoms with van der Waals surface area (Å²) in [6.07, 6.45) is 0.479. The highest BCUT2D eigenvalue weighted by atomic mass is 35.5. The van der Waals surface area contributed by atoms with E-state index >= 15 is 0 Å². The lowest BCUT2D eigenvalue weighted by Gasteiger charge is -2.22. The van der Waals surface area contributed by atoms with Gasteiger partial charge in [0.25, 0.3) is 0 Å². The number of carbonyl (C=O) groups is 1. The second-order valence-electron chi connectivity index (χ2n) is 4.11. The zero-order valence-corrected chi connectivity index (χ0v) is 13.3. The lowest BCUT2D eigenvalue weighted by Crippen LogP contribution is -2.39. The molecule has 3 nitrogen and oxygen atoms in total. The van der Waals surface area contributed by atoms with Crippen LogP contribution in [0.3, 0.4) is 0 Å². The minimum Gasteiger partial charge on any atom is -0.326 e. The number of anilines is 1. The van der Waals surface area contributed by atoms with Crippen LogP contribution in [0.1, 0.15) is 6.42 Å². The van der Waals surface area contributed by atoms with E-state index in [1.165, 1.54) is 0 Å². The zero-order valence-electron chi connectivity index (χ0n) is 10.1. The molecular formula is C12H15Cl3N2OS. The number of nitrogens with one attached hydrogen (secondary N) is 2. The van der Waals surface area contributed by atoms with Crippen LogP contribution in [0.25, 0.3) is 0 Å². The van der Waals surface area contributed by atoms with Gasteiger partial charge in [-0.05, 0) is 18.2 Å². The number of rotatable bonds is 3. The van der Waals surface area contributed by atoms with E-state index in [0.717, 1.165) is 18.1 Å². The summed E-state index contributed by atoms with van der Waals surface area (Å²) < 4.78 is 0. The average molecular weight is 342 g/mol. The first-order valence-electron chi connectivity index (χ1n) is 5.71. The Morgan fingerprint density at radius 3 is 2.84 bits per heavy atom. The first-order valence-corrected chi connectivity index (χ1v) is 7.62. The summed E-state index contributed by atoms with van der Waals surface area (Å²) in [5.74, 6) is 2.09. The molecule has 7 heteroatoms. The zero-order chi connectivity index (χ0) is 13.0. The largest absolute Gasteiger partial charge is 0.326 e. The number of thioether (sulfide) groups is 1. The quantitative estimate of drug-likeness (QED) is 0.885. The van der Waals surface area contributed by atoms with Gasteiger partial charge in [-0.2, -0.15) is 11.8 Å². The molecule has 2 rings (SSSR count). The van der Waals surface area contributed by atoms with Crippen molar-refractivity contribution in [1.82, 2.24) is 5.32 Å². The molecule has 1 atom stereocenters. The number of carbonyl (C=O) groups excluding carboxylic acids is 1. The van der Waals surface area contributed by atoms with Crippen LogP contribution in [0.15, 0.2) is 18.2 Å². The molecule has 1 aliphatic heterocycles. The number of hydrogen-bond donors (Lipinski definition) is 2. The smallest absolute Gasteiger partial charge is 0.225 e. The third-order valence-electron chi connectivity index (χ3n) is 2.63. The van der Waals surface area contributed by atoms with Crippen LogP contribution in [0, 0.1) is 0 Å². The summed E-state index contributed by atoms with van der Waals surface area (Å²) in [5.41, 5.74) is 0.679. The number of hydrogen-bond acceptors (Lipinski definition) is 3. The van der Waals surface area contributed by atoms with Gasteiger partial charge < -0.3 is 10.6 Å². The summed E-state index contributed by atoms with van der Waals surface area (Å²) in [6.45, 7) is 0.968. The Labute approximate surface area is 133 Å². The van der Waals surface area contributed by atoms with Gasteiger partial charge in [-0.3, -0.25) is 4.79 Å². The van der Waals surface area contributed by atoms with Crippen molar-refractivity contribution in [1.29, 1.82) is 0 Å². The third-order valence-corrected chi connectivity index (χ3v) is 4.50. The lowest BCUT2D eigenvalue weighted by atomic mass is 10.2. The fourth-order valence-electron chi connectivity index (χ4n) is 1.76. The summed E-state index contributed by atoms with van der Waals surface area (Å²) in [5, 5.41) is 7.08. The van der Waals surface area contributed by atoms with E-state index in [4.69, 9.17) is 23.2 Å². The Balaban J connectivity index is 0.00000180. The normalized spacial score (nSPS) is 18.5. The monoisotopic (exact) mass is 340 g/mol. The number of amides is 1. The molecule has 0 aromatic heterocycles. The first kappa shape index (κ1) is 16.9. The summed E-state index contributed by atoms with van der Waals surface area (Å²) in [7, 11) is 0. The molecule has 1 fully saturated rings. The van der Waals surface area contributed by atoms with Gasteiger partial charge in [0, 0.05) is 36.2 Å². The van der Waals surface area contributed by atoms with Gasteiger partial charge in [-0.25, -0.2) is 0 Å². The molecule has 106 valence electrons. The molecule has 19 heavy (non-hydrogen) atoms. The fourth-order valence-corrected chi connectivity index (χ4v) is 3.01. The van der Waals surface area contributed by atoms with Crippen LogP contribution in [0.5, 0.6) is 0 Å². The van der Waals surface area contributed by atoms with Gasteiger partial charge in [0.2, 0.25) is 5.91 Å². The minimum atomic E-state index is -0.00612. The molecule has 1 unspecified atom stereocenters. The Morgan fingerprint density at radius 2 is 2.21 bits per heavy atom. The maximum atomic E-state index is 11.8. The fraction of sp³-hybridized carbons (Fsp3) is 0.417. The van der Waals surface area contributed by atoms with Crippen LogP contribution in [-0.4, -0.2) is 30.0 Å². The molecule has 0 radical (unpaired) electrons. The van der Waals surface area contributed by atoms with E-state index in [1.54, 1.807) is 18.2 Å². The maximum Gasteiger partial charge on any atom is 0.225 e. The molecule has 1 amide bonds. The molecule has 1 saturated heterocycles. The van der Waals surface area contributed by atoms with E-state index in [-0.39, 0.29) is 24.4 Å². The van der Waals surface area contributed by atoms with Crippen LogP contribution < -0.4 is 10.6 Å². The topological polar surface area (TPSA) is 41.1 Å². The van der Waals surface area contributed by atoms with Gasteiger partial charge in [0.1, 0.15) is 0 Å². The molecule has 0 aliphatic carbocycles. The van der Waals surface area contributed by atoms with Gasteiger partial charge in [-0.1, -0.05) is 23.2 Å². The van der Waals surface area contributed by atoms with Crippen molar-refractivity contribution >= 4 is 59.0 Å². The predicted octanol–water partition coefficient (Wildman–Crippen LogP) is 3.45. The van der Waals surface area contributed by atoms with Crippen molar-refractivity contribution in [3.63, 3.8) is 0 Å². The third kappa shape index (κ3) is 5.40. The second-order valence-corrected chi connectivity index (χ2v) is 6.07. The van der Waals surface area contributed by atoms with Crippen molar-refractivity contribution in [3.8, 4) is 0 Å². The Hall–Kier alpha value is -0.130. The maximum absolute atomic E-state index is 11.8. The molecule has 0 bridgehead atoms. The first-order chi connectivity index (χ1) is 8.65. The molecule has 1 heterocycles. The van der Waals surface area contributed by atoms with E-state index < -0.39 is 0 Å². The SMILES string of the molecule is Cl.O=C(CC1CSCCN1)Nc1ccc(Cl)c(Cl)c1. The van der Waals surface area contributed by atoms with Crippen molar-refractivity contribution in [2.75, 3.05) is 23.4 Å². The van der Waals surface area contributed by atoms with E-state index in [0.29, 0.717) is 22.2 Å². The van der Waals surface area contributed by atoms with Crippen molar-refractivity contribution in [2.45, 2.75) is 12.5 Å². The highest BCUT2D eigenvalue weighted by Crippen LogP contribution is 2.25. The minimum absolute atomic E-state index is 0. The van der Waals surface area contributed by atoms with Crippen LogP contribution >= 0.6 is 47.4 Å². The molecule has 1 aromatic rings. The van der Waals surface area contributed by atoms with E-state index in [1.807, 2.05) is 11.8 Å². The van der Waals surface area contributed by atoms with Gasteiger partial charge in [0.05, 0.1) is 10.0 Å². The summed E-state index contributed by atoms with van der Waals surface area (Å²) in [4.78, 5) is 11.8. The van der Waals surface area contributed by atoms with Crippen molar-refractivity contribution in [2.24, 2.45) is 0 Å². The number of benzene rings is 1. The average Bonchev–Trinajstić information content (AvgIpc) is 2.35. The van der Waals surface area contributed by atoms with E-state index in [2.05, 4.69) is 10.6 Å². The molecule has 1 aliphatic rings. The molecular weight excluding hydrogens is 327 g/mol. The Morgan fingerprint density at radius 1 is 1.42 bits per heavy atom. The van der Waals surface area contributed by atoms with Gasteiger partial charge in [-0.15, -0.1) is 12.4 Å².